The minimum absolute atomic E-state index is 0.0261. The van der Waals surface area contributed by atoms with Crippen molar-refractivity contribution in [2.45, 2.75) is 30.8 Å². The van der Waals surface area contributed by atoms with Crippen molar-refractivity contribution in [3.63, 3.8) is 0 Å². The van der Waals surface area contributed by atoms with Crippen molar-refractivity contribution < 1.29 is 27.5 Å². The second-order valence-corrected chi connectivity index (χ2v) is 10.8. The van der Waals surface area contributed by atoms with Gasteiger partial charge in [0.2, 0.25) is 5.91 Å². The molecular weight excluding hydrogens is 506 g/mol. The molecule has 0 spiro atoms. The number of hydrogen-bond donors (Lipinski definition) is 2. The summed E-state index contributed by atoms with van der Waals surface area (Å²) in [6, 6.07) is 19.6. The summed E-state index contributed by atoms with van der Waals surface area (Å²) in [5.74, 6) is -0.672. The number of aryl methyl sites for hydroxylation is 1. The maximum atomic E-state index is 13.7. The van der Waals surface area contributed by atoms with Gasteiger partial charge < -0.3 is 20.1 Å². The van der Waals surface area contributed by atoms with Crippen LogP contribution < -0.4 is 19.7 Å². The minimum atomic E-state index is -4.14. The Labute approximate surface area is 222 Å². The van der Waals surface area contributed by atoms with Crippen LogP contribution in [0.1, 0.15) is 28.8 Å². The Bertz CT molecular complexity index is 1390. The molecule has 1 aliphatic heterocycles. The Kier molecular flexibility index (Phi) is 8.65. The highest BCUT2D eigenvalue weighted by molar-refractivity contribution is 7.92. The third kappa shape index (κ3) is 6.32. The normalized spacial score (nSPS) is 15.1. The summed E-state index contributed by atoms with van der Waals surface area (Å²) in [7, 11) is -2.70. The predicted octanol–water partition coefficient (Wildman–Crippen LogP) is 3.75. The molecule has 2 N–H and O–H groups in total. The van der Waals surface area contributed by atoms with E-state index in [1.807, 2.05) is 6.92 Å². The van der Waals surface area contributed by atoms with Crippen molar-refractivity contribution >= 4 is 33.2 Å². The molecular formula is C28H31N3O6S. The molecule has 2 amide bonds. The van der Waals surface area contributed by atoms with E-state index in [2.05, 4.69) is 10.6 Å². The fourth-order valence-electron chi connectivity index (χ4n) is 4.23. The number of sulfonamides is 1. The van der Waals surface area contributed by atoms with Crippen LogP contribution in [0.5, 0.6) is 5.75 Å². The first-order chi connectivity index (χ1) is 18.3. The Hall–Kier alpha value is -3.89. The van der Waals surface area contributed by atoms with Crippen LogP contribution >= 0.6 is 0 Å². The molecule has 0 aromatic heterocycles. The molecule has 0 bridgehead atoms. The van der Waals surface area contributed by atoms with Crippen molar-refractivity contribution in [2.24, 2.45) is 0 Å². The maximum absolute atomic E-state index is 13.7. The van der Waals surface area contributed by atoms with Gasteiger partial charge >= 0.3 is 0 Å². The quantitative estimate of drug-likeness (QED) is 0.407. The van der Waals surface area contributed by atoms with Crippen molar-refractivity contribution in [3.05, 3.63) is 83.9 Å². The number of ether oxygens (including phenoxy) is 2. The van der Waals surface area contributed by atoms with Crippen LogP contribution in [0.2, 0.25) is 0 Å². The third-order valence-electron chi connectivity index (χ3n) is 6.18. The summed E-state index contributed by atoms with van der Waals surface area (Å²) in [5, 5.41) is 5.57. The van der Waals surface area contributed by atoms with Gasteiger partial charge in [-0.25, -0.2) is 8.42 Å². The standard InChI is InChI=1S/C28H31N3O6S/c1-20-14-15-26(36-2)25(17-20)31(38(34,35)22-10-4-3-5-11-22)19-27(32)30-24-13-7-6-12-23(24)28(33)29-18-21-9-8-16-37-21/h3-7,10-15,17,21H,8-9,16,18-19H2,1-2H3,(H,29,33)(H,30,32)/t21-/m1/s1. The van der Waals surface area contributed by atoms with Gasteiger partial charge in [0.05, 0.1) is 35.0 Å². The summed E-state index contributed by atoms with van der Waals surface area (Å²) in [4.78, 5) is 26.2. The molecule has 0 radical (unpaired) electrons. The monoisotopic (exact) mass is 537 g/mol. The molecule has 9 nitrogen and oxygen atoms in total. The van der Waals surface area contributed by atoms with Crippen molar-refractivity contribution in [1.29, 1.82) is 0 Å². The topological polar surface area (TPSA) is 114 Å². The Balaban J connectivity index is 1.60. The number of carbonyl (C=O) groups excluding carboxylic acids is 2. The summed E-state index contributed by atoms with van der Waals surface area (Å²) >= 11 is 0. The fraction of sp³-hybridized carbons (Fsp3) is 0.286. The van der Waals surface area contributed by atoms with E-state index in [1.165, 1.54) is 19.2 Å². The number of rotatable bonds is 10. The molecule has 1 fully saturated rings. The molecule has 1 saturated heterocycles. The van der Waals surface area contributed by atoms with Gasteiger partial charge in [-0.2, -0.15) is 0 Å². The number of nitrogens with zero attached hydrogens (tertiary/aromatic N) is 1. The smallest absolute Gasteiger partial charge is 0.264 e. The van der Waals surface area contributed by atoms with Crippen LogP contribution in [0.25, 0.3) is 0 Å². The van der Waals surface area contributed by atoms with Crippen molar-refractivity contribution in [3.8, 4) is 5.75 Å². The molecule has 4 rings (SSSR count). The van der Waals surface area contributed by atoms with Gasteiger partial charge in [0, 0.05) is 13.2 Å². The molecule has 1 aliphatic rings. The highest BCUT2D eigenvalue weighted by Crippen LogP contribution is 2.33. The lowest BCUT2D eigenvalue weighted by Crippen LogP contribution is -2.39. The van der Waals surface area contributed by atoms with Crippen LogP contribution in [-0.2, 0) is 19.6 Å². The lowest BCUT2D eigenvalue weighted by Gasteiger charge is -2.26. The van der Waals surface area contributed by atoms with E-state index < -0.39 is 22.5 Å². The number of anilines is 2. The molecule has 0 saturated carbocycles. The highest BCUT2D eigenvalue weighted by Gasteiger charge is 2.30. The summed E-state index contributed by atoms with van der Waals surface area (Å²) in [5.41, 5.74) is 1.57. The Morgan fingerprint density at radius 3 is 2.50 bits per heavy atom. The second kappa shape index (κ2) is 12.1. The zero-order valence-corrected chi connectivity index (χ0v) is 22.2. The van der Waals surface area contributed by atoms with Gasteiger partial charge in [-0.05, 0) is 61.7 Å². The van der Waals surface area contributed by atoms with E-state index >= 15 is 0 Å². The number of benzene rings is 3. The highest BCUT2D eigenvalue weighted by atomic mass is 32.2. The van der Waals surface area contributed by atoms with E-state index in [1.54, 1.807) is 60.7 Å². The minimum Gasteiger partial charge on any atom is -0.495 e. The zero-order valence-electron chi connectivity index (χ0n) is 21.3. The molecule has 200 valence electrons. The first-order valence-electron chi connectivity index (χ1n) is 12.3. The lowest BCUT2D eigenvalue weighted by molar-refractivity contribution is -0.114. The Morgan fingerprint density at radius 2 is 1.79 bits per heavy atom. The van der Waals surface area contributed by atoms with E-state index in [4.69, 9.17) is 9.47 Å². The SMILES string of the molecule is COc1ccc(C)cc1N(CC(=O)Nc1ccccc1C(=O)NC[C@H]1CCCO1)S(=O)(=O)c1ccccc1. The van der Waals surface area contributed by atoms with Crippen LogP contribution in [0.4, 0.5) is 11.4 Å². The predicted molar refractivity (Wildman–Crippen MR) is 145 cm³/mol. The number of nitrogens with one attached hydrogen (secondary N) is 2. The van der Waals surface area contributed by atoms with Crippen molar-refractivity contribution in [1.82, 2.24) is 5.32 Å². The number of methoxy groups -OCH3 is 1. The largest absolute Gasteiger partial charge is 0.495 e. The van der Waals surface area contributed by atoms with Crippen molar-refractivity contribution in [2.75, 3.05) is 36.4 Å². The van der Waals surface area contributed by atoms with Gasteiger partial charge in [0.25, 0.3) is 15.9 Å². The van der Waals surface area contributed by atoms with Gasteiger partial charge in [0.15, 0.2) is 0 Å². The molecule has 3 aromatic rings. The molecule has 1 atom stereocenters. The van der Waals surface area contributed by atoms with Gasteiger partial charge in [0.1, 0.15) is 12.3 Å². The molecule has 10 heteroatoms. The summed E-state index contributed by atoms with van der Waals surface area (Å²) in [6.07, 6.45) is 1.82. The average molecular weight is 538 g/mol. The maximum Gasteiger partial charge on any atom is 0.264 e. The van der Waals surface area contributed by atoms with E-state index in [0.717, 1.165) is 22.7 Å². The van der Waals surface area contributed by atoms with Gasteiger partial charge in [-0.3, -0.25) is 13.9 Å². The number of hydrogen-bond acceptors (Lipinski definition) is 6. The van der Waals surface area contributed by atoms with Crippen LogP contribution in [-0.4, -0.2) is 53.1 Å². The molecule has 38 heavy (non-hydrogen) atoms. The third-order valence-corrected chi connectivity index (χ3v) is 7.96. The summed E-state index contributed by atoms with van der Waals surface area (Å²) < 4.78 is 39.4. The first-order valence-corrected chi connectivity index (χ1v) is 13.7. The van der Waals surface area contributed by atoms with E-state index in [-0.39, 0.29) is 33.8 Å². The van der Waals surface area contributed by atoms with Crippen LogP contribution in [0.15, 0.2) is 77.7 Å². The molecule has 1 heterocycles. The lowest BCUT2D eigenvalue weighted by atomic mass is 10.1. The Morgan fingerprint density at radius 1 is 1.05 bits per heavy atom. The van der Waals surface area contributed by atoms with Crippen LogP contribution in [0.3, 0.4) is 0 Å². The van der Waals surface area contributed by atoms with Crippen LogP contribution in [0, 0.1) is 6.92 Å². The number of carbonyl (C=O) groups is 2. The average Bonchev–Trinajstić information content (AvgIpc) is 3.45. The summed E-state index contributed by atoms with van der Waals surface area (Å²) in [6.45, 7) is 2.34. The first kappa shape index (κ1) is 27.2. The molecule has 0 unspecified atom stereocenters. The van der Waals surface area contributed by atoms with Gasteiger partial charge in [-0.1, -0.05) is 36.4 Å². The molecule has 0 aliphatic carbocycles. The second-order valence-electron chi connectivity index (χ2n) is 8.94. The number of amides is 2. The number of para-hydroxylation sites is 1. The fourth-order valence-corrected chi connectivity index (χ4v) is 5.68. The zero-order chi connectivity index (χ0) is 27.1. The van der Waals surface area contributed by atoms with Gasteiger partial charge in [-0.15, -0.1) is 0 Å². The van der Waals surface area contributed by atoms with E-state index in [0.29, 0.717) is 18.9 Å². The molecule has 3 aromatic carbocycles. The van der Waals surface area contributed by atoms with E-state index in [9.17, 15) is 18.0 Å².